The number of rotatable bonds is 10. The first kappa shape index (κ1) is 30.2. The van der Waals surface area contributed by atoms with Crippen molar-refractivity contribution in [3.63, 3.8) is 0 Å². The van der Waals surface area contributed by atoms with E-state index < -0.39 is 6.29 Å². The van der Waals surface area contributed by atoms with Crippen LogP contribution in [0.2, 0.25) is 0 Å². The molecule has 0 amide bonds. The topological polar surface area (TPSA) is 98.3 Å². The maximum atomic E-state index is 6.44. The number of benzene rings is 6. The van der Waals surface area contributed by atoms with E-state index in [0.29, 0.717) is 26.3 Å². The summed E-state index contributed by atoms with van der Waals surface area (Å²) in [6, 6.07) is 41.0. The Bertz CT molecular complexity index is 2390. The molecule has 0 fully saturated rings. The van der Waals surface area contributed by atoms with Gasteiger partial charge in [-0.3, -0.25) is 0 Å². The summed E-state index contributed by atoms with van der Waals surface area (Å²) in [7, 11) is 0. The molecule has 0 bridgehead atoms. The summed E-state index contributed by atoms with van der Waals surface area (Å²) in [6.45, 7) is 1.92. The van der Waals surface area contributed by atoms with Crippen LogP contribution in [0.15, 0.2) is 134 Å². The van der Waals surface area contributed by atoms with Gasteiger partial charge in [-0.1, -0.05) is 95.4 Å². The molecule has 2 aromatic heterocycles. The van der Waals surface area contributed by atoms with E-state index in [2.05, 4.69) is 81.3 Å². The second-order valence-corrected chi connectivity index (χ2v) is 13.2. The van der Waals surface area contributed by atoms with E-state index in [1.54, 1.807) is 0 Å². The van der Waals surface area contributed by atoms with Crippen molar-refractivity contribution >= 4 is 21.5 Å². The van der Waals surface area contributed by atoms with Gasteiger partial charge in [-0.05, 0) is 69.1 Å². The largest absolute Gasteiger partial charge is 0.487 e. The number of hydrogen-bond donors (Lipinski definition) is 0. The van der Waals surface area contributed by atoms with Crippen molar-refractivity contribution in [3.05, 3.63) is 167 Å². The van der Waals surface area contributed by atoms with Gasteiger partial charge < -0.3 is 18.9 Å². The van der Waals surface area contributed by atoms with Crippen molar-refractivity contribution in [1.29, 1.82) is 0 Å². The molecule has 8 aromatic rings. The number of ether oxygens (including phenoxy) is 4. The highest BCUT2D eigenvalue weighted by Crippen LogP contribution is 2.55. The zero-order valence-corrected chi connectivity index (χ0v) is 28.0. The molecule has 0 saturated heterocycles. The Morgan fingerprint density at radius 1 is 0.538 bits per heavy atom. The van der Waals surface area contributed by atoms with E-state index in [4.69, 9.17) is 18.9 Å². The Morgan fingerprint density at radius 3 is 1.48 bits per heavy atom. The van der Waals surface area contributed by atoms with Crippen LogP contribution in [0, 0.1) is 0 Å². The predicted molar refractivity (Wildman–Crippen MR) is 195 cm³/mol. The van der Waals surface area contributed by atoms with Crippen LogP contribution in [0.1, 0.15) is 39.6 Å². The van der Waals surface area contributed by atoms with Crippen LogP contribution in [-0.4, -0.2) is 36.3 Å². The minimum atomic E-state index is -0.463. The summed E-state index contributed by atoms with van der Waals surface area (Å²) < 4.78 is 29.1. The van der Waals surface area contributed by atoms with Gasteiger partial charge in [0.25, 0.3) is 6.29 Å². The highest BCUT2D eigenvalue weighted by Gasteiger charge is 2.46. The maximum Gasteiger partial charge on any atom is 0.252 e. The Balaban J connectivity index is 0.908. The molecule has 0 radical (unpaired) electrons. The van der Waals surface area contributed by atoms with Crippen molar-refractivity contribution in [1.82, 2.24) is 30.0 Å². The van der Waals surface area contributed by atoms with Crippen LogP contribution in [0.5, 0.6) is 23.0 Å². The van der Waals surface area contributed by atoms with Crippen molar-refractivity contribution in [3.8, 4) is 23.0 Å². The Kier molecular flexibility index (Phi) is 7.30. The van der Waals surface area contributed by atoms with Gasteiger partial charge in [0.2, 0.25) is 0 Å². The average Bonchev–Trinajstić information content (AvgIpc) is 3.98. The fourth-order valence-corrected chi connectivity index (χ4v) is 7.28. The lowest BCUT2D eigenvalue weighted by Gasteiger charge is -2.14. The normalized spacial score (nSPS) is 15.5. The summed E-state index contributed by atoms with van der Waals surface area (Å²) in [4.78, 5) is 0. The van der Waals surface area contributed by atoms with Crippen LogP contribution >= 0.6 is 0 Å². The number of hydrogen-bond acceptors (Lipinski definition) is 8. The highest BCUT2D eigenvalue weighted by atomic mass is 16.7. The summed E-state index contributed by atoms with van der Waals surface area (Å²) in [5.41, 5.74) is 6.04. The smallest absolute Gasteiger partial charge is 0.252 e. The molecule has 2 aliphatic heterocycles. The molecule has 0 spiro atoms. The molecule has 10 heteroatoms. The molecule has 6 aromatic carbocycles. The molecular formula is C42H32N6O4. The van der Waals surface area contributed by atoms with Crippen LogP contribution in [0.25, 0.3) is 21.5 Å². The maximum absolute atomic E-state index is 6.44. The fourth-order valence-electron chi connectivity index (χ4n) is 7.28. The fraction of sp³-hybridized carbons (Fsp3) is 0.143. The molecule has 2 aliphatic rings. The first-order chi connectivity index (χ1) is 25.7. The third kappa shape index (κ3) is 5.64. The standard InChI is InChI=1S/C42H32N6O4/c1-3-7-27(8-4-1)21-47-23-31(43-45-47)25-49-33-15-11-29-13-17-37-39(35(29)19-33)41-40-36-20-34(16-12-30(36)14-18-38(40)52-42(41)51-37)50-26-32-24-48(46-44-32)22-28-9-5-2-6-10-28/h1-20,23-24,41-42H,21-22,25-26H2. The highest BCUT2D eigenvalue weighted by molar-refractivity contribution is 5.95. The lowest BCUT2D eigenvalue weighted by Crippen LogP contribution is -2.19. The monoisotopic (exact) mass is 684 g/mol. The summed E-state index contributed by atoms with van der Waals surface area (Å²) in [6.07, 6.45) is 3.39. The quantitative estimate of drug-likeness (QED) is 0.145. The predicted octanol–water partition coefficient (Wildman–Crippen LogP) is 7.67. The first-order valence-corrected chi connectivity index (χ1v) is 17.3. The summed E-state index contributed by atoms with van der Waals surface area (Å²) in [5, 5.41) is 21.6. The summed E-state index contributed by atoms with van der Waals surface area (Å²) >= 11 is 0. The van der Waals surface area contributed by atoms with Gasteiger partial charge in [0.05, 0.1) is 31.4 Å². The Hall–Kier alpha value is -6.68. The van der Waals surface area contributed by atoms with Crippen molar-refractivity contribution < 1.29 is 18.9 Å². The molecule has 0 aliphatic carbocycles. The summed E-state index contributed by atoms with van der Waals surface area (Å²) in [5.74, 6) is 3.00. The molecule has 52 heavy (non-hydrogen) atoms. The Morgan fingerprint density at radius 2 is 1.00 bits per heavy atom. The number of nitrogens with zero attached hydrogens (tertiary/aromatic N) is 6. The molecular weight excluding hydrogens is 653 g/mol. The van der Waals surface area contributed by atoms with Crippen LogP contribution < -0.4 is 18.9 Å². The SMILES string of the molecule is c1ccc(Cn2cc(COc3ccc4ccc5c(c4c3)C3c4c(ccc6ccc(OCc7cn(Cc8ccccc8)nn7)cc46)OC3O5)nn2)cc1. The van der Waals surface area contributed by atoms with Gasteiger partial charge in [0.1, 0.15) is 47.6 Å². The molecule has 0 atom stereocenters. The third-order valence-corrected chi connectivity index (χ3v) is 9.69. The number of fused-ring (bicyclic) bond motifs is 9. The van der Waals surface area contributed by atoms with Gasteiger partial charge >= 0.3 is 0 Å². The third-order valence-electron chi connectivity index (χ3n) is 9.69. The van der Waals surface area contributed by atoms with Crippen molar-refractivity contribution in [2.75, 3.05) is 0 Å². The Labute approximate surface area is 298 Å². The molecule has 4 heterocycles. The second kappa shape index (κ2) is 12.6. The lowest BCUT2D eigenvalue weighted by atomic mass is 9.86. The molecule has 10 nitrogen and oxygen atoms in total. The molecule has 10 rings (SSSR count). The second-order valence-electron chi connectivity index (χ2n) is 13.2. The van der Waals surface area contributed by atoms with Crippen LogP contribution in [0.4, 0.5) is 0 Å². The zero-order valence-electron chi connectivity index (χ0n) is 28.0. The van der Waals surface area contributed by atoms with Gasteiger partial charge in [0, 0.05) is 11.1 Å². The van der Waals surface area contributed by atoms with E-state index >= 15 is 0 Å². The van der Waals surface area contributed by atoms with Gasteiger partial charge in [-0.2, -0.15) is 0 Å². The zero-order chi connectivity index (χ0) is 34.4. The van der Waals surface area contributed by atoms with Crippen LogP contribution in [0.3, 0.4) is 0 Å². The molecule has 0 N–H and O–H groups in total. The molecule has 0 unspecified atom stereocenters. The molecule has 254 valence electrons. The first-order valence-electron chi connectivity index (χ1n) is 17.3. The average molecular weight is 685 g/mol. The molecule has 0 saturated carbocycles. The van der Waals surface area contributed by atoms with Crippen molar-refractivity contribution in [2.24, 2.45) is 0 Å². The van der Waals surface area contributed by atoms with E-state index in [1.807, 2.05) is 82.4 Å². The minimum Gasteiger partial charge on any atom is -0.487 e. The van der Waals surface area contributed by atoms with E-state index in [9.17, 15) is 0 Å². The van der Waals surface area contributed by atoms with E-state index in [1.165, 1.54) is 0 Å². The lowest BCUT2D eigenvalue weighted by molar-refractivity contribution is 0.0330. The van der Waals surface area contributed by atoms with Gasteiger partial charge in [-0.25, -0.2) is 9.36 Å². The minimum absolute atomic E-state index is 0.126. The van der Waals surface area contributed by atoms with Crippen molar-refractivity contribution in [2.45, 2.75) is 38.5 Å². The van der Waals surface area contributed by atoms with Gasteiger partial charge in [0.15, 0.2) is 0 Å². The van der Waals surface area contributed by atoms with Crippen LogP contribution in [-0.2, 0) is 26.3 Å². The van der Waals surface area contributed by atoms with E-state index in [-0.39, 0.29) is 5.92 Å². The van der Waals surface area contributed by atoms with E-state index in [0.717, 1.165) is 78.2 Å². The number of aromatic nitrogens is 6. The van der Waals surface area contributed by atoms with Gasteiger partial charge in [-0.15, -0.1) is 10.2 Å².